The topological polar surface area (TPSA) is 102 Å². The van der Waals surface area contributed by atoms with Crippen LogP contribution in [0.3, 0.4) is 0 Å². The van der Waals surface area contributed by atoms with Crippen molar-refractivity contribution in [2.75, 3.05) is 0 Å². The van der Waals surface area contributed by atoms with Crippen LogP contribution >= 0.6 is 11.6 Å². The van der Waals surface area contributed by atoms with E-state index in [9.17, 15) is 4.79 Å². The highest BCUT2D eigenvalue weighted by Crippen LogP contribution is 2.22. The fourth-order valence-corrected chi connectivity index (χ4v) is 1.13. The van der Waals surface area contributed by atoms with Crippen molar-refractivity contribution >= 4 is 29.2 Å². The Hall–Kier alpha value is -2.19. The van der Waals surface area contributed by atoms with Gasteiger partial charge in [0.15, 0.2) is 5.96 Å². The molecule has 1 aromatic rings. The molecule has 0 aromatic heterocycles. The maximum Gasteiger partial charge on any atom is 0.382 e. The Balaban J connectivity index is 3.25. The first-order chi connectivity index (χ1) is 7.49. The first-order valence-corrected chi connectivity index (χ1v) is 4.51. The molecular formula is C10H8ClN3O2. The minimum absolute atomic E-state index is 0.152. The maximum absolute atomic E-state index is 10.3. The molecule has 0 spiro atoms. The Labute approximate surface area is 96.7 Å². The van der Waals surface area contributed by atoms with Crippen LogP contribution < -0.4 is 11.5 Å². The van der Waals surface area contributed by atoms with Gasteiger partial charge in [0.05, 0.1) is 11.3 Å². The molecule has 82 valence electrons. The lowest BCUT2D eigenvalue weighted by Gasteiger charge is -1.99. The van der Waals surface area contributed by atoms with Gasteiger partial charge in [-0.2, -0.15) is 0 Å². The summed E-state index contributed by atoms with van der Waals surface area (Å²) in [4.78, 5) is 14.1. The molecule has 1 aromatic carbocycles. The van der Waals surface area contributed by atoms with E-state index < -0.39 is 5.97 Å². The average molecular weight is 238 g/mol. The summed E-state index contributed by atoms with van der Waals surface area (Å²) in [6.07, 6.45) is 0. The van der Waals surface area contributed by atoms with Crippen molar-refractivity contribution in [3.05, 3.63) is 28.8 Å². The van der Waals surface area contributed by atoms with Gasteiger partial charge < -0.3 is 16.6 Å². The average Bonchev–Trinajstić information content (AvgIpc) is 2.15. The van der Waals surface area contributed by atoms with Gasteiger partial charge in [0.2, 0.25) is 0 Å². The van der Waals surface area contributed by atoms with Crippen molar-refractivity contribution in [3.8, 4) is 11.8 Å². The van der Waals surface area contributed by atoms with E-state index in [-0.39, 0.29) is 5.96 Å². The van der Waals surface area contributed by atoms with Gasteiger partial charge in [0.25, 0.3) is 0 Å². The summed E-state index contributed by atoms with van der Waals surface area (Å²) in [6.45, 7) is 0. The summed E-state index contributed by atoms with van der Waals surface area (Å²) < 4.78 is 0. The van der Waals surface area contributed by atoms with Crippen molar-refractivity contribution in [2.24, 2.45) is 16.5 Å². The maximum atomic E-state index is 10.3. The van der Waals surface area contributed by atoms with E-state index in [1.807, 2.05) is 5.92 Å². The van der Waals surface area contributed by atoms with Gasteiger partial charge >= 0.3 is 5.97 Å². The Morgan fingerprint density at radius 2 is 2.12 bits per heavy atom. The molecule has 5 N–H and O–H groups in total. The number of guanidine groups is 1. The largest absolute Gasteiger partial charge is 0.472 e. The second-order valence-electron chi connectivity index (χ2n) is 2.75. The molecule has 0 saturated carbocycles. The molecule has 5 nitrogen and oxygen atoms in total. The van der Waals surface area contributed by atoms with E-state index in [0.29, 0.717) is 16.3 Å². The summed E-state index contributed by atoms with van der Waals surface area (Å²) >= 11 is 5.75. The van der Waals surface area contributed by atoms with Gasteiger partial charge in [-0.1, -0.05) is 17.5 Å². The SMILES string of the molecule is NC(N)=Nc1cc(Cl)ccc1C#CC(=O)O. The Kier molecular flexibility index (Phi) is 3.75. The minimum atomic E-state index is -1.23. The van der Waals surface area contributed by atoms with Crippen LogP contribution in [0.2, 0.25) is 5.02 Å². The number of halogens is 1. The Bertz CT molecular complexity index is 511. The zero-order chi connectivity index (χ0) is 12.1. The highest BCUT2D eigenvalue weighted by atomic mass is 35.5. The Morgan fingerprint density at radius 3 is 2.69 bits per heavy atom. The predicted octanol–water partition coefficient (Wildman–Crippen LogP) is 0.681. The van der Waals surface area contributed by atoms with Crippen LogP contribution in [0.25, 0.3) is 0 Å². The number of aliphatic imine (C=N–C) groups is 1. The molecule has 0 aliphatic carbocycles. The number of nitrogens with zero attached hydrogens (tertiary/aromatic N) is 1. The van der Waals surface area contributed by atoms with Gasteiger partial charge in [0.1, 0.15) is 0 Å². The van der Waals surface area contributed by atoms with Gasteiger partial charge in [-0.05, 0) is 18.2 Å². The molecule has 16 heavy (non-hydrogen) atoms. The van der Waals surface area contributed by atoms with Gasteiger partial charge in [-0.25, -0.2) is 9.79 Å². The molecular weight excluding hydrogens is 230 g/mol. The summed E-state index contributed by atoms with van der Waals surface area (Å²) in [5, 5.41) is 8.85. The third-order valence-corrected chi connectivity index (χ3v) is 1.75. The standard InChI is InChI=1S/C10H8ClN3O2/c11-7-3-1-6(2-4-9(15)16)8(5-7)14-10(12)13/h1,3,5H,(H,15,16)(H4,12,13,14). The number of carbonyl (C=O) groups is 1. The highest BCUT2D eigenvalue weighted by Gasteiger charge is 2.00. The van der Waals surface area contributed by atoms with E-state index in [0.717, 1.165) is 0 Å². The smallest absolute Gasteiger partial charge is 0.382 e. The summed E-state index contributed by atoms with van der Waals surface area (Å²) in [5.74, 6) is 3.00. The van der Waals surface area contributed by atoms with Crippen molar-refractivity contribution in [1.82, 2.24) is 0 Å². The minimum Gasteiger partial charge on any atom is -0.472 e. The van der Waals surface area contributed by atoms with Crippen molar-refractivity contribution in [2.45, 2.75) is 0 Å². The number of hydrogen-bond donors (Lipinski definition) is 3. The zero-order valence-electron chi connectivity index (χ0n) is 8.07. The lowest BCUT2D eigenvalue weighted by atomic mass is 10.2. The number of carboxylic acids is 1. The first-order valence-electron chi connectivity index (χ1n) is 4.13. The van der Waals surface area contributed by atoms with Crippen LogP contribution in [0.1, 0.15) is 5.56 Å². The van der Waals surface area contributed by atoms with E-state index in [2.05, 4.69) is 10.9 Å². The fraction of sp³-hybridized carbons (Fsp3) is 0. The molecule has 0 fully saturated rings. The second kappa shape index (κ2) is 5.05. The molecule has 1 rings (SSSR count). The fourth-order valence-electron chi connectivity index (χ4n) is 0.963. The molecule has 0 bridgehead atoms. The van der Waals surface area contributed by atoms with Crippen LogP contribution in [0.15, 0.2) is 23.2 Å². The molecule has 0 atom stereocenters. The number of rotatable bonds is 1. The van der Waals surface area contributed by atoms with E-state index in [1.54, 1.807) is 12.1 Å². The van der Waals surface area contributed by atoms with Crippen LogP contribution in [0, 0.1) is 11.8 Å². The van der Waals surface area contributed by atoms with Crippen LogP contribution in [0.5, 0.6) is 0 Å². The number of aliphatic carboxylic acids is 1. The molecule has 0 radical (unpaired) electrons. The number of carboxylic acid groups (broad SMARTS) is 1. The lowest BCUT2D eigenvalue weighted by Crippen LogP contribution is -2.22. The van der Waals surface area contributed by atoms with Crippen LogP contribution in [0.4, 0.5) is 5.69 Å². The van der Waals surface area contributed by atoms with Crippen molar-refractivity contribution in [1.29, 1.82) is 0 Å². The number of hydrogen-bond acceptors (Lipinski definition) is 2. The van der Waals surface area contributed by atoms with E-state index in [4.69, 9.17) is 28.2 Å². The molecule has 0 unspecified atom stereocenters. The summed E-state index contributed by atoms with van der Waals surface area (Å²) in [6, 6.07) is 4.60. The quantitative estimate of drug-likeness (QED) is 0.380. The molecule has 0 saturated heterocycles. The van der Waals surface area contributed by atoms with Crippen molar-refractivity contribution < 1.29 is 9.90 Å². The monoisotopic (exact) mass is 237 g/mol. The highest BCUT2D eigenvalue weighted by molar-refractivity contribution is 6.30. The van der Waals surface area contributed by atoms with Gasteiger partial charge in [0, 0.05) is 10.9 Å². The second-order valence-corrected chi connectivity index (χ2v) is 3.19. The number of nitrogens with two attached hydrogens (primary N) is 2. The van der Waals surface area contributed by atoms with Crippen LogP contribution in [-0.2, 0) is 4.79 Å². The molecule has 0 heterocycles. The van der Waals surface area contributed by atoms with Gasteiger partial charge in [-0.3, -0.25) is 0 Å². The molecule has 6 heteroatoms. The predicted molar refractivity (Wildman–Crippen MR) is 61.4 cm³/mol. The van der Waals surface area contributed by atoms with Crippen molar-refractivity contribution in [3.63, 3.8) is 0 Å². The summed E-state index contributed by atoms with van der Waals surface area (Å²) in [7, 11) is 0. The Morgan fingerprint density at radius 1 is 1.44 bits per heavy atom. The molecule has 0 aliphatic rings. The van der Waals surface area contributed by atoms with E-state index in [1.165, 1.54) is 6.07 Å². The number of benzene rings is 1. The molecule has 0 amide bonds. The third-order valence-electron chi connectivity index (χ3n) is 1.51. The summed E-state index contributed by atoms with van der Waals surface area (Å²) in [5.41, 5.74) is 11.2. The zero-order valence-corrected chi connectivity index (χ0v) is 8.82. The third kappa shape index (κ3) is 3.52. The normalized spacial score (nSPS) is 8.81. The van der Waals surface area contributed by atoms with Crippen LogP contribution in [-0.4, -0.2) is 17.0 Å². The molecule has 0 aliphatic heterocycles. The van der Waals surface area contributed by atoms with E-state index >= 15 is 0 Å². The van der Waals surface area contributed by atoms with Gasteiger partial charge in [-0.15, -0.1) is 0 Å². The lowest BCUT2D eigenvalue weighted by molar-refractivity contribution is -0.130. The first kappa shape index (κ1) is 11.9.